The zero-order chi connectivity index (χ0) is 8.20. The Hall–Kier alpha value is 0.137. The summed E-state index contributed by atoms with van der Waals surface area (Å²) in [7, 11) is -0.946. The van der Waals surface area contributed by atoms with Crippen LogP contribution in [-0.2, 0) is 0 Å². The van der Waals surface area contributed by atoms with E-state index in [0.717, 1.165) is 6.42 Å². The molecular weight excluding hydrogens is 144 g/mol. The highest BCUT2D eigenvalue weighted by Crippen LogP contribution is 2.13. The molecular formula is C7H18O2Si. The van der Waals surface area contributed by atoms with E-state index in [-0.39, 0.29) is 0 Å². The van der Waals surface area contributed by atoms with Gasteiger partial charge in [0.15, 0.2) is 6.29 Å². The van der Waals surface area contributed by atoms with Gasteiger partial charge in [-0.05, 0) is 6.42 Å². The first-order chi connectivity index (χ1) is 4.42. The van der Waals surface area contributed by atoms with Crippen molar-refractivity contribution < 1.29 is 10.2 Å². The van der Waals surface area contributed by atoms with E-state index < -0.39 is 14.4 Å². The summed E-state index contributed by atoms with van der Waals surface area (Å²) in [5.41, 5.74) is 0. The molecule has 2 N–H and O–H groups in total. The van der Waals surface area contributed by atoms with Gasteiger partial charge in [0.1, 0.15) is 0 Å². The van der Waals surface area contributed by atoms with Crippen LogP contribution >= 0.6 is 0 Å². The lowest BCUT2D eigenvalue weighted by Crippen LogP contribution is -2.19. The van der Waals surface area contributed by atoms with Crippen molar-refractivity contribution in [3.63, 3.8) is 0 Å². The minimum absolute atomic E-state index is 0.532. The van der Waals surface area contributed by atoms with Gasteiger partial charge in [0.25, 0.3) is 0 Å². The molecule has 0 unspecified atom stereocenters. The highest BCUT2D eigenvalue weighted by molar-refractivity contribution is 6.76. The normalized spacial score (nSPS) is 12.6. The van der Waals surface area contributed by atoms with Crippen molar-refractivity contribution in [2.24, 2.45) is 0 Å². The van der Waals surface area contributed by atoms with E-state index in [1.807, 2.05) is 0 Å². The first kappa shape index (κ1) is 10.1. The third-order valence-corrected chi connectivity index (χ3v) is 3.24. The molecule has 0 atom stereocenters. The van der Waals surface area contributed by atoms with Gasteiger partial charge in [0, 0.05) is 8.07 Å². The smallest absolute Gasteiger partial charge is 0.151 e. The molecule has 0 aromatic heterocycles. The molecule has 3 heteroatoms. The van der Waals surface area contributed by atoms with Crippen LogP contribution in [0.1, 0.15) is 12.8 Å². The van der Waals surface area contributed by atoms with Gasteiger partial charge in [-0.3, -0.25) is 0 Å². The maximum atomic E-state index is 8.52. The maximum absolute atomic E-state index is 8.52. The minimum Gasteiger partial charge on any atom is -0.368 e. The molecule has 0 spiro atoms. The van der Waals surface area contributed by atoms with Gasteiger partial charge >= 0.3 is 0 Å². The number of aliphatic hydroxyl groups excluding tert-OH is 1. The summed E-state index contributed by atoms with van der Waals surface area (Å²) in [5, 5.41) is 17.0. The van der Waals surface area contributed by atoms with Crippen molar-refractivity contribution in [3.05, 3.63) is 0 Å². The Balaban J connectivity index is 3.21. The Morgan fingerprint density at radius 1 is 1.20 bits per heavy atom. The number of hydrogen-bond acceptors (Lipinski definition) is 2. The van der Waals surface area contributed by atoms with Gasteiger partial charge < -0.3 is 10.2 Å². The Kier molecular flexibility index (Phi) is 4.16. The fourth-order valence-corrected chi connectivity index (χ4v) is 2.08. The van der Waals surface area contributed by atoms with Crippen molar-refractivity contribution in [2.75, 3.05) is 0 Å². The van der Waals surface area contributed by atoms with Gasteiger partial charge in [-0.2, -0.15) is 0 Å². The predicted octanol–water partition coefficient (Wildman–Crippen LogP) is 1.42. The molecule has 0 aromatic rings. The first-order valence-corrected chi connectivity index (χ1v) is 7.49. The predicted molar refractivity (Wildman–Crippen MR) is 45.6 cm³/mol. The highest BCUT2D eigenvalue weighted by atomic mass is 28.3. The molecule has 0 aliphatic rings. The van der Waals surface area contributed by atoms with Crippen LogP contribution in [0.5, 0.6) is 0 Å². The molecule has 0 aliphatic heterocycles. The Bertz CT molecular complexity index is 86.1. The summed E-state index contributed by atoms with van der Waals surface area (Å²) in [4.78, 5) is 0. The summed E-state index contributed by atoms with van der Waals surface area (Å²) in [6.07, 6.45) is 0.383. The van der Waals surface area contributed by atoms with E-state index in [0.29, 0.717) is 6.42 Å². The van der Waals surface area contributed by atoms with Gasteiger partial charge in [-0.15, -0.1) is 0 Å². The quantitative estimate of drug-likeness (QED) is 0.485. The van der Waals surface area contributed by atoms with Gasteiger partial charge in [0.2, 0.25) is 0 Å². The van der Waals surface area contributed by atoms with E-state index in [9.17, 15) is 0 Å². The summed E-state index contributed by atoms with van der Waals surface area (Å²) < 4.78 is 0. The van der Waals surface area contributed by atoms with Gasteiger partial charge in [0.05, 0.1) is 0 Å². The fourth-order valence-electron chi connectivity index (χ4n) is 0.815. The summed E-state index contributed by atoms with van der Waals surface area (Å²) in [5.74, 6) is 0. The third-order valence-electron chi connectivity index (χ3n) is 1.39. The van der Waals surface area contributed by atoms with Gasteiger partial charge in [-0.1, -0.05) is 32.1 Å². The van der Waals surface area contributed by atoms with Crippen molar-refractivity contribution >= 4 is 8.07 Å². The summed E-state index contributed by atoms with van der Waals surface area (Å²) in [6.45, 7) is 6.87. The maximum Gasteiger partial charge on any atom is 0.151 e. The van der Waals surface area contributed by atoms with Crippen molar-refractivity contribution in [3.8, 4) is 0 Å². The second-order valence-electron chi connectivity index (χ2n) is 3.93. The zero-order valence-corrected chi connectivity index (χ0v) is 8.09. The molecule has 0 heterocycles. The highest BCUT2D eigenvalue weighted by Gasteiger charge is 2.12. The molecule has 0 rings (SSSR count). The van der Waals surface area contributed by atoms with Crippen LogP contribution in [-0.4, -0.2) is 24.6 Å². The lowest BCUT2D eigenvalue weighted by atomic mass is 10.3. The zero-order valence-electron chi connectivity index (χ0n) is 7.09. The van der Waals surface area contributed by atoms with Crippen molar-refractivity contribution in [2.45, 2.75) is 44.8 Å². The van der Waals surface area contributed by atoms with Crippen molar-refractivity contribution in [1.82, 2.24) is 0 Å². The van der Waals surface area contributed by atoms with Crippen molar-refractivity contribution in [1.29, 1.82) is 0 Å². The number of rotatable bonds is 4. The summed E-state index contributed by atoms with van der Waals surface area (Å²) >= 11 is 0. The van der Waals surface area contributed by atoms with Crippen LogP contribution in [0, 0.1) is 0 Å². The lowest BCUT2D eigenvalue weighted by molar-refractivity contribution is -0.0454. The topological polar surface area (TPSA) is 40.5 Å². The molecule has 0 radical (unpaired) electrons. The summed E-state index contributed by atoms with van der Waals surface area (Å²) in [6, 6.07) is 1.19. The number of aliphatic hydroxyl groups is 2. The molecule has 2 nitrogen and oxygen atoms in total. The van der Waals surface area contributed by atoms with Crippen LogP contribution in [0.3, 0.4) is 0 Å². The van der Waals surface area contributed by atoms with E-state index in [1.165, 1.54) is 6.04 Å². The second kappa shape index (κ2) is 4.11. The van der Waals surface area contributed by atoms with Crippen LogP contribution in [0.4, 0.5) is 0 Å². The third kappa shape index (κ3) is 8.14. The standard InChI is InChI=1S/C7H18O2Si/c1-10(2,3)6-4-5-7(8)9/h7-9H,4-6H2,1-3H3. The average Bonchev–Trinajstić information content (AvgIpc) is 1.59. The molecule has 0 bridgehead atoms. The van der Waals surface area contributed by atoms with E-state index in [4.69, 9.17) is 10.2 Å². The minimum atomic E-state index is -1.10. The largest absolute Gasteiger partial charge is 0.368 e. The van der Waals surface area contributed by atoms with E-state index >= 15 is 0 Å². The first-order valence-electron chi connectivity index (χ1n) is 3.78. The molecule has 0 saturated heterocycles. The molecule has 0 aromatic carbocycles. The van der Waals surface area contributed by atoms with E-state index in [1.54, 1.807) is 0 Å². The Labute approximate surface area is 63.9 Å². The average molecular weight is 162 g/mol. The molecule has 10 heavy (non-hydrogen) atoms. The van der Waals surface area contributed by atoms with E-state index in [2.05, 4.69) is 19.6 Å². The Morgan fingerprint density at radius 2 is 1.70 bits per heavy atom. The monoisotopic (exact) mass is 162 g/mol. The van der Waals surface area contributed by atoms with Crippen LogP contribution in [0.15, 0.2) is 0 Å². The van der Waals surface area contributed by atoms with Crippen LogP contribution < -0.4 is 0 Å². The number of hydrogen-bond donors (Lipinski definition) is 2. The molecule has 0 amide bonds. The lowest BCUT2D eigenvalue weighted by Gasteiger charge is -2.15. The fraction of sp³-hybridized carbons (Fsp3) is 1.00. The SMILES string of the molecule is C[Si](C)(C)CCCC(O)O. The molecule has 0 aliphatic carbocycles. The molecule has 0 fully saturated rings. The second-order valence-corrected chi connectivity index (χ2v) is 9.55. The molecule has 0 saturated carbocycles. The van der Waals surface area contributed by atoms with Crippen LogP contribution in [0.25, 0.3) is 0 Å². The Morgan fingerprint density at radius 3 is 2.00 bits per heavy atom. The molecule has 62 valence electrons. The van der Waals surface area contributed by atoms with Crippen LogP contribution in [0.2, 0.25) is 25.7 Å². The van der Waals surface area contributed by atoms with Gasteiger partial charge in [-0.25, -0.2) is 0 Å².